The van der Waals surface area contributed by atoms with Crippen molar-refractivity contribution in [1.29, 1.82) is 0 Å². The Kier molecular flexibility index (Phi) is 4.78. The molecule has 0 saturated carbocycles. The molecule has 2 heterocycles. The Hall–Kier alpha value is -3.49. The molecular formula is C17H16N4O5. The van der Waals surface area contributed by atoms with Crippen molar-refractivity contribution in [2.75, 3.05) is 11.5 Å². The third-order valence-corrected chi connectivity index (χ3v) is 3.69. The van der Waals surface area contributed by atoms with Crippen LogP contribution in [0, 0.1) is 6.92 Å². The lowest BCUT2D eigenvalue weighted by atomic mass is 10.2. The van der Waals surface area contributed by atoms with Gasteiger partial charge < -0.3 is 9.26 Å². The largest absolute Gasteiger partial charge is 0.464 e. The molecule has 0 radical (unpaired) electrons. The van der Waals surface area contributed by atoms with Gasteiger partial charge in [0.25, 0.3) is 5.56 Å². The first-order valence-electron chi connectivity index (χ1n) is 7.80. The second-order valence-electron chi connectivity index (χ2n) is 5.56. The standard InChI is InChI=1S/C17H16N4O5/c1-11-7-16(19-26-11)21(10-22)13-3-4-15-14(8-13)17(24)20(9-18-15)5-6-25-12(2)23/h3-4,7-10H,5-6H2,1-2H3. The number of aryl methyl sites for hydroxylation is 1. The summed E-state index contributed by atoms with van der Waals surface area (Å²) < 4.78 is 11.2. The number of ether oxygens (including phenoxy) is 1. The highest BCUT2D eigenvalue weighted by molar-refractivity contribution is 5.90. The Morgan fingerprint density at radius 3 is 2.85 bits per heavy atom. The topological polar surface area (TPSA) is 108 Å². The van der Waals surface area contributed by atoms with Crippen LogP contribution in [-0.4, -0.2) is 33.7 Å². The maximum atomic E-state index is 12.6. The second-order valence-corrected chi connectivity index (χ2v) is 5.56. The fourth-order valence-electron chi connectivity index (χ4n) is 2.46. The first-order chi connectivity index (χ1) is 12.5. The normalized spacial score (nSPS) is 10.7. The third kappa shape index (κ3) is 3.46. The van der Waals surface area contributed by atoms with Crippen molar-refractivity contribution in [3.63, 3.8) is 0 Å². The summed E-state index contributed by atoms with van der Waals surface area (Å²) in [6.45, 7) is 3.27. The maximum Gasteiger partial charge on any atom is 0.302 e. The third-order valence-electron chi connectivity index (χ3n) is 3.69. The second kappa shape index (κ2) is 7.18. The predicted molar refractivity (Wildman–Crippen MR) is 92.1 cm³/mol. The van der Waals surface area contributed by atoms with Gasteiger partial charge in [0, 0.05) is 13.0 Å². The Morgan fingerprint density at radius 1 is 1.38 bits per heavy atom. The number of rotatable bonds is 6. The lowest BCUT2D eigenvalue weighted by molar-refractivity contribution is -0.141. The van der Waals surface area contributed by atoms with Crippen molar-refractivity contribution in [2.24, 2.45) is 0 Å². The van der Waals surface area contributed by atoms with Gasteiger partial charge in [-0.25, -0.2) is 4.98 Å². The predicted octanol–water partition coefficient (Wildman–Crippen LogP) is 1.55. The fourth-order valence-corrected chi connectivity index (χ4v) is 2.46. The molecule has 0 saturated heterocycles. The summed E-state index contributed by atoms with van der Waals surface area (Å²) >= 11 is 0. The molecule has 9 heteroatoms. The van der Waals surface area contributed by atoms with Crippen LogP contribution in [0.2, 0.25) is 0 Å². The van der Waals surface area contributed by atoms with Crippen LogP contribution in [0.25, 0.3) is 10.9 Å². The monoisotopic (exact) mass is 356 g/mol. The Morgan fingerprint density at radius 2 is 2.19 bits per heavy atom. The highest BCUT2D eigenvalue weighted by Crippen LogP contribution is 2.25. The highest BCUT2D eigenvalue weighted by Gasteiger charge is 2.14. The van der Waals surface area contributed by atoms with Crippen LogP contribution in [-0.2, 0) is 20.9 Å². The average Bonchev–Trinajstić information content (AvgIpc) is 3.04. The maximum absolute atomic E-state index is 12.6. The number of nitrogens with zero attached hydrogens (tertiary/aromatic N) is 4. The molecule has 0 spiro atoms. The Labute approximate surface area is 147 Å². The minimum Gasteiger partial charge on any atom is -0.464 e. The molecule has 3 rings (SSSR count). The zero-order valence-electron chi connectivity index (χ0n) is 14.2. The van der Waals surface area contributed by atoms with Gasteiger partial charge in [0.05, 0.1) is 29.5 Å². The van der Waals surface area contributed by atoms with Gasteiger partial charge in [0.1, 0.15) is 12.4 Å². The fraction of sp³-hybridized carbons (Fsp3) is 0.235. The number of anilines is 2. The van der Waals surface area contributed by atoms with E-state index in [0.29, 0.717) is 34.6 Å². The van der Waals surface area contributed by atoms with E-state index < -0.39 is 5.97 Å². The number of hydrogen-bond acceptors (Lipinski definition) is 7. The molecule has 3 aromatic rings. The summed E-state index contributed by atoms with van der Waals surface area (Å²) in [5.74, 6) is 0.455. The summed E-state index contributed by atoms with van der Waals surface area (Å²) in [6, 6.07) is 6.48. The van der Waals surface area contributed by atoms with Crippen LogP contribution >= 0.6 is 0 Å². The molecule has 0 atom stereocenters. The van der Waals surface area contributed by atoms with Crippen molar-refractivity contribution >= 4 is 34.8 Å². The van der Waals surface area contributed by atoms with E-state index in [0.717, 1.165) is 0 Å². The van der Waals surface area contributed by atoms with Crippen molar-refractivity contribution in [1.82, 2.24) is 14.7 Å². The van der Waals surface area contributed by atoms with Gasteiger partial charge in [-0.1, -0.05) is 5.16 Å². The Balaban J connectivity index is 1.98. The van der Waals surface area contributed by atoms with Gasteiger partial charge in [0.2, 0.25) is 6.41 Å². The van der Waals surface area contributed by atoms with Gasteiger partial charge in [0.15, 0.2) is 5.82 Å². The van der Waals surface area contributed by atoms with Crippen molar-refractivity contribution in [2.45, 2.75) is 20.4 Å². The number of benzene rings is 1. The number of aromatic nitrogens is 3. The van der Waals surface area contributed by atoms with Gasteiger partial charge in [-0.2, -0.15) is 0 Å². The van der Waals surface area contributed by atoms with E-state index in [4.69, 9.17) is 9.26 Å². The molecule has 1 aromatic carbocycles. The number of esters is 1. The SMILES string of the molecule is CC(=O)OCCn1cnc2ccc(N(C=O)c3cc(C)on3)cc2c1=O. The van der Waals surface area contributed by atoms with E-state index in [-0.39, 0.29) is 18.7 Å². The van der Waals surface area contributed by atoms with Gasteiger partial charge in [-0.3, -0.25) is 23.9 Å². The lowest BCUT2D eigenvalue weighted by Gasteiger charge is -2.14. The molecular weight excluding hydrogens is 340 g/mol. The summed E-state index contributed by atoms with van der Waals surface area (Å²) in [4.78, 5) is 40.5. The summed E-state index contributed by atoms with van der Waals surface area (Å²) in [5.41, 5.74) is 0.647. The zero-order chi connectivity index (χ0) is 18.7. The molecule has 0 aliphatic heterocycles. The molecule has 0 fully saturated rings. The molecule has 0 aliphatic carbocycles. The summed E-state index contributed by atoms with van der Waals surface area (Å²) in [5, 5.41) is 4.15. The van der Waals surface area contributed by atoms with Gasteiger partial charge in [-0.15, -0.1) is 0 Å². The number of fused-ring (bicyclic) bond motifs is 1. The number of amides is 1. The molecule has 1 amide bonds. The van der Waals surface area contributed by atoms with Crippen LogP contribution in [0.4, 0.5) is 11.5 Å². The molecule has 0 N–H and O–H groups in total. The number of hydrogen-bond donors (Lipinski definition) is 0. The lowest BCUT2D eigenvalue weighted by Crippen LogP contribution is -2.24. The first-order valence-corrected chi connectivity index (χ1v) is 7.80. The molecule has 134 valence electrons. The van der Waals surface area contributed by atoms with E-state index in [1.807, 2.05) is 0 Å². The van der Waals surface area contributed by atoms with Gasteiger partial charge >= 0.3 is 5.97 Å². The molecule has 0 bridgehead atoms. The van der Waals surface area contributed by atoms with E-state index in [1.165, 1.54) is 22.7 Å². The van der Waals surface area contributed by atoms with Crippen molar-refractivity contribution < 1.29 is 18.8 Å². The highest BCUT2D eigenvalue weighted by atomic mass is 16.5. The van der Waals surface area contributed by atoms with Gasteiger partial charge in [-0.05, 0) is 25.1 Å². The minimum atomic E-state index is -0.418. The van der Waals surface area contributed by atoms with Crippen LogP contribution in [0.3, 0.4) is 0 Å². The quantitative estimate of drug-likeness (QED) is 0.487. The minimum absolute atomic E-state index is 0.0702. The van der Waals surface area contributed by atoms with Crippen LogP contribution in [0.1, 0.15) is 12.7 Å². The number of carbonyl (C=O) groups is 2. The van der Waals surface area contributed by atoms with Crippen LogP contribution in [0.5, 0.6) is 0 Å². The van der Waals surface area contributed by atoms with Crippen LogP contribution < -0.4 is 10.5 Å². The molecule has 0 aliphatic rings. The van der Waals surface area contributed by atoms with Crippen molar-refractivity contribution in [3.8, 4) is 0 Å². The molecule has 2 aromatic heterocycles. The molecule has 9 nitrogen and oxygen atoms in total. The molecule has 0 unspecified atom stereocenters. The smallest absolute Gasteiger partial charge is 0.302 e. The summed E-state index contributed by atoms with van der Waals surface area (Å²) in [6.07, 6.45) is 1.99. The van der Waals surface area contributed by atoms with Crippen molar-refractivity contribution in [3.05, 3.63) is 46.7 Å². The van der Waals surface area contributed by atoms with E-state index >= 15 is 0 Å². The molecule has 26 heavy (non-hydrogen) atoms. The van der Waals surface area contributed by atoms with E-state index in [1.54, 1.807) is 31.2 Å². The summed E-state index contributed by atoms with van der Waals surface area (Å²) in [7, 11) is 0. The van der Waals surface area contributed by atoms with E-state index in [2.05, 4.69) is 10.1 Å². The average molecular weight is 356 g/mol. The van der Waals surface area contributed by atoms with E-state index in [9.17, 15) is 14.4 Å². The number of carbonyl (C=O) groups excluding carboxylic acids is 2. The Bertz CT molecular complexity index is 1020. The first kappa shape index (κ1) is 17.3. The van der Waals surface area contributed by atoms with Crippen LogP contribution in [0.15, 0.2) is 39.9 Å². The zero-order valence-corrected chi connectivity index (χ0v) is 14.2.